The predicted molar refractivity (Wildman–Crippen MR) is 120 cm³/mol. The van der Waals surface area contributed by atoms with Gasteiger partial charge in [0.25, 0.3) is 11.8 Å². The first-order chi connectivity index (χ1) is 15.5. The van der Waals surface area contributed by atoms with E-state index in [-0.39, 0.29) is 31.5 Å². The molecule has 164 valence electrons. The number of amides is 1. The van der Waals surface area contributed by atoms with E-state index in [0.29, 0.717) is 20.6 Å². The average molecular weight is 472 g/mol. The Labute approximate surface area is 191 Å². The number of hydrogen-bond acceptors (Lipinski definition) is 7. The number of ether oxygens (including phenoxy) is 1. The highest BCUT2D eigenvalue weighted by atomic mass is 35.5. The standard InChI is InChI=1S/C21H18ClN5O4S/c22-18-6-5-17(32-18)19(29)24-11-14-12-26(13-25-14)15-1-3-16(4-2-15)27-8-7-23-20(21(27)30)31-10-9-28/h1-8,12-13,28H,9-11H2,(H,24,29). The van der Waals surface area contributed by atoms with Crippen LogP contribution in [0.25, 0.3) is 11.4 Å². The van der Waals surface area contributed by atoms with Crippen molar-refractivity contribution in [3.8, 4) is 17.3 Å². The van der Waals surface area contributed by atoms with Crippen molar-refractivity contribution in [3.05, 3.63) is 86.6 Å². The Balaban J connectivity index is 1.44. The number of nitrogens with zero attached hydrogens (tertiary/aromatic N) is 4. The van der Waals surface area contributed by atoms with Crippen LogP contribution in [-0.4, -0.2) is 43.3 Å². The van der Waals surface area contributed by atoms with Gasteiger partial charge in [-0.05, 0) is 36.4 Å². The molecule has 0 spiro atoms. The molecule has 4 aromatic rings. The largest absolute Gasteiger partial charge is 0.471 e. The molecule has 0 unspecified atom stereocenters. The van der Waals surface area contributed by atoms with Gasteiger partial charge in [-0.2, -0.15) is 0 Å². The van der Waals surface area contributed by atoms with E-state index >= 15 is 0 Å². The molecule has 9 nitrogen and oxygen atoms in total. The second kappa shape index (κ2) is 9.77. The van der Waals surface area contributed by atoms with Crippen LogP contribution >= 0.6 is 22.9 Å². The number of thiophene rings is 1. The lowest BCUT2D eigenvalue weighted by molar-refractivity contribution is 0.0954. The van der Waals surface area contributed by atoms with Crippen LogP contribution in [0.2, 0.25) is 4.34 Å². The van der Waals surface area contributed by atoms with Gasteiger partial charge >= 0.3 is 5.56 Å². The van der Waals surface area contributed by atoms with E-state index in [1.54, 1.807) is 36.8 Å². The number of carbonyl (C=O) groups excluding carboxylic acids is 1. The van der Waals surface area contributed by atoms with Crippen LogP contribution in [0.4, 0.5) is 0 Å². The Kier molecular flexibility index (Phi) is 6.64. The van der Waals surface area contributed by atoms with Crippen molar-refractivity contribution in [3.63, 3.8) is 0 Å². The van der Waals surface area contributed by atoms with Crippen molar-refractivity contribution >= 4 is 28.8 Å². The topological polar surface area (TPSA) is 111 Å². The van der Waals surface area contributed by atoms with Gasteiger partial charge in [-0.25, -0.2) is 9.97 Å². The molecule has 0 atom stereocenters. The van der Waals surface area contributed by atoms with Gasteiger partial charge in [-0.15, -0.1) is 11.3 Å². The van der Waals surface area contributed by atoms with Crippen LogP contribution in [-0.2, 0) is 6.54 Å². The molecular formula is C21H18ClN5O4S. The quantitative estimate of drug-likeness (QED) is 0.408. The summed E-state index contributed by atoms with van der Waals surface area (Å²) in [5.41, 5.74) is 1.75. The Morgan fingerprint density at radius 2 is 1.94 bits per heavy atom. The molecule has 0 saturated heterocycles. The van der Waals surface area contributed by atoms with E-state index in [4.69, 9.17) is 21.4 Å². The molecule has 0 aliphatic heterocycles. The summed E-state index contributed by atoms with van der Waals surface area (Å²) in [6.07, 6.45) is 6.47. The third kappa shape index (κ3) is 4.88. The first kappa shape index (κ1) is 21.8. The lowest BCUT2D eigenvalue weighted by Crippen LogP contribution is -2.22. The van der Waals surface area contributed by atoms with Crippen molar-refractivity contribution in [1.29, 1.82) is 0 Å². The van der Waals surface area contributed by atoms with Gasteiger partial charge in [-0.1, -0.05) is 11.6 Å². The summed E-state index contributed by atoms with van der Waals surface area (Å²) in [6.45, 7) is 0.0712. The van der Waals surface area contributed by atoms with E-state index in [9.17, 15) is 9.59 Å². The summed E-state index contributed by atoms with van der Waals surface area (Å²) in [5.74, 6) is -0.275. The second-order valence-corrected chi connectivity index (χ2v) is 8.27. The first-order valence-electron chi connectivity index (χ1n) is 9.53. The van der Waals surface area contributed by atoms with E-state index in [1.807, 2.05) is 22.9 Å². The maximum atomic E-state index is 12.5. The zero-order valence-electron chi connectivity index (χ0n) is 16.6. The highest BCUT2D eigenvalue weighted by Gasteiger charge is 2.10. The Morgan fingerprint density at radius 1 is 1.16 bits per heavy atom. The van der Waals surface area contributed by atoms with E-state index in [2.05, 4.69) is 15.3 Å². The third-order valence-electron chi connectivity index (χ3n) is 4.43. The monoisotopic (exact) mass is 471 g/mol. The van der Waals surface area contributed by atoms with Crippen LogP contribution in [0.5, 0.6) is 5.88 Å². The minimum Gasteiger partial charge on any atom is -0.471 e. The van der Waals surface area contributed by atoms with Crippen molar-refractivity contribution in [1.82, 2.24) is 24.4 Å². The van der Waals surface area contributed by atoms with Crippen molar-refractivity contribution < 1.29 is 14.6 Å². The summed E-state index contributed by atoms with van der Waals surface area (Å²) < 4.78 is 8.96. The molecule has 3 aromatic heterocycles. The van der Waals surface area contributed by atoms with Crippen LogP contribution in [0.3, 0.4) is 0 Å². The fourth-order valence-electron chi connectivity index (χ4n) is 2.91. The van der Waals surface area contributed by atoms with Gasteiger partial charge in [0.05, 0.1) is 34.4 Å². The third-order valence-corrected chi connectivity index (χ3v) is 5.66. The fraction of sp³-hybridized carbons (Fsp3) is 0.143. The molecule has 11 heteroatoms. The summed E-state index contributed by atoms with van der Waals surface area (Å²) >= 11 is 7.08. The zero-order chi connectivity index (χ0) is 22.5. The molecule has 0 saturated carbocycles. The molecular weight excluding hydrogens is 454 g/mol. The summed E-state index contributed by atoms with van der Waals surface area (Å²) in [5, 5.41) is 11.7. The maximum Gasteiger partial charge on any atom is 0.317 e. The average Bonchev–Trinajstić information content (AvgIpc) is 3.46. The Morgan fingerprint density at radius 3 is 2.66 bits per heavy atom. The van der Waals surface area contributed by atoms with Gasteiger partial charge in [-0.3, -0.25) is 14.2 Å². The normalized spacial score (nSPS) is 10.8. The van der Waals surface area contributed by atoms with Crippen LogP contribution in [0.15, 0.2) is 66.1 Å². The van der Waals surface area contributed by atoms with E-state index in [0.717, 1.165) is 5.69 Å². The number of hydrogen-bond donors (Lipinski definition) is 2. The second-order valence-electron chi connectivity index (χ2n) is 6.55. The van der Waals surface area contributed by atoms with Crippen LogP contribution in [0.1, 0.15) is 15.4 Å². The summed E-state index contributed by atoms with van der Waals surface area (Å²) in [7, 11) is 0. The number of halogens is 1. The number of benzene rings is 1. The van der Waals surface area contributed by atoms with Gasteiger partial charge in [0, 0.05) is 30.0 Å². The van der Waals surface area contributed by atoms with Crippen molar-refractivity contribution in [2.45, 2.75) is 6.54 Å². The van der Waals surface area contributed by atoms with Crippen LogP contribution in [0, 0.1) is 0 Å². The van der Waals surface area contributed by atoms with E-state index < -0.39 is 5.56 Å². The molecule has 3 heterocycles. The highest BCUT2D eigenvalue weighted by molar-refractivity contribution is 7.17. The Bertz CT molecular complexity index is 1280. The molecule has 0 aliphatic carbocycles. The molecule has 0 fully saturated rings. The molecule has 1 aromatic carbocycles. The molecule has 1 amide bonds. The minimum atomic E-state index is -0.415. The number of aliphatic hydroxyl groups excluding tert-OH is 1. The summed E-state index contributed by atoms with van der Waals surface area (Å²) in [6, 6.07) is 10.6. The van der Waals surface area contributed by atoms with Crippen LogP contribution < -0.4 is 15.6 Å². The zero-order valence-corrected chi connectivity index (χ0v) is 18.2. The number of aromatic nitrogens is 4. The molecule has 4 rings (SSSR count). The molecule has 0 bridgehead atoms. The molecule has 0 aliphatic rings. The number of aliphatic hydroxyl groups is 1. The van der Waals surface area contributed by atoms with Gasteiger partial charge in [0.15, 0.2) is 0 Å². The number of imidazole rings is 1. The van der Waals surface area contributed by atoms with Gasteiger partial charge < -0.3 is 19.7 Å². The Hall–Kier alpha value is -3.47. The fourth-order valence-corrected chi connectivity index (χ4v) is 3.87. The van der Waals surface area contributed by atoms with E-state index in [1.165, 1.54) is 22.1 Å². The van der Waals surface area contributed by atoms with Gasteiger partial charge in [0.1, 0.15) is 6.61 Å². The number of carbonyl (C=O) groups is 1. The highest BCUT2D eigenvalue weighted by Crippen LogP contribution is 2.21. The predicted octanol–water partition coefficient (Wildman–Crippen LogP) is 2.43. The molecule has 32 heavy (non-hydrogen) atoms. The first-order valence-corrected chi connectivity index (χ1v) is 10.7. The number of rotatable bonds is 8. The lowest BCUT2D eigenvalue weighted by Gasteiger charge is -2.09. The van der Waals surface area contributed by atoms with Crippen molar-refractivity contribution in [2.75, 3.05) is 13.2 Å². The summed E-state index contributed by atoms with van der Waals surface area (Å²) in [4.78, 5) is 33.4. The SMILES string of the molecule is O=C(NCc1cn(-c2ccc(-n3ccnc(OCCO)c3=O)cc2)cn1)c1ccc(Cl)s1. The smallest absolute Gasteiger partial charge is 0.317 e. The minimum absolute atomic E-state index is 0.00429. The lowest BCUT2D eigenvalue weighted by atomic mass is 10.2. The van der Waals surface area contributed by atoms with Gasteiger partial charge in [0.2, 0.25) is 0 Å². The number of nitrogens with one attached hydrogen (secondary N) is 1. The maximum absolute atomic E-state index is 12.5. The molecule has 2 N–H and O–H groups in total. The molecule has 0 radical (unpaired) electrons. The van der Waals surface area contributed by atoms with Crippen molar-refractivity contribution in [2.24, 2.45) is 0 Å².